The van der Waals surface area contributed by atoms with Crippen molar-refractivity contribution in [3.05, 3.63) is 33.8 Å². The van der Waals surface area contributed by atoms with E-state index in [-0.39, 0.29) is 5.91 Å². The Balaban J connectivity index is 1.97. The van der Waals surface area contributed by atoms with E-state index in [1.165, 1.54) is 0 Å². The number of anilines is 1. The third kappa shape index (κ3) is 2.73. The summed E-state index contributed by atoms with van der Waals surface area (Å²) in [5.41, 5.74) is 1.70. The molecule has 0 bridgehead atoms. The van der Waals surface area contributed by atoms with Gasteiger partial charge in [0.25, 0.3) is 5.91 Å². The van der Waals surface area contributed by atoms with Gasteiger partial charge in [0.1, 0.15) is 4.88 Å². The first-order valence-electron chi connectivity index (χ1n) is 5.79. The number of H-pyrrole nitrogens is 1. The molecule has 0 atom stereocenters. The molecule has 3 rings (SSSR count). The van der Waals surface area contributed by atoms with Gasteiger partial charge in [-0.15, -0.1) is 10.2 Å². The van der Waals surface area contributed by atoms with Crippen molar-refractivity contribution in [1.29, 1.82) is 0 Å². The first-order chi connectivity index (χ1) is 10.1. The molecule has 0 unspecified atom stereocenters. The van der Waals surface area contributed by atoms with E-state index in [1.807, 2.05) is 0 Å². The van der Waals surface area contributed by atoms with Crippen LogP contribution in [-0.4, -0.2) is 36.1 Å². The summed E-state index contributed by atoms with van der Waals surface area (Å²) in [5, 5.41) is 20.6. The molecule has 0 aliphatic heterocycles. The van der Waals surface area contributed by atoms with Crippen molar-refractivity contribution < 1.29 is 4.79 Å². The zero-order valence-electron chi connectivity index (χ0n) is 10.7. The number of aromatic nitrogens is 6. The Kier molecular flexibility index (Phi) is 3.59. The first-order valence-corrected chi connectivity index (χ1v) is 6.94. The van der Waals surface area contributed by atoms with Crippen molar-refractivity contribution in [1.82, 2.24) is 30.2 Å². The molecule has 10 heteroatoms. The minimum absolute atomic E-state index is 0.307. The van der Waals surface area contributed by atoms with Gasteiger partial charge in [-0.2, -0.15) is 0 Å². The Labute approximate surface area is 127 Å². The van der Waals surface area contributed by atoms with Crippen LogP contribution in [0.1, 0.15) is 15.4 Å². The zero-order valence-corrected chi connectivity index (χ0v) is 12.2. The van der Waals surface area contributed by atoms with Crippen LogP contribution in [0, 0.1) is 6.92 Å². The fourth-order valence-corrected chi connectivity index (χ4v) is 2.44. The second-order valence-electron chi connectivity index (χ2n) is 4.08. The molecule has 0 spiro atoms. The average molecular weight is 322 g/mol. The highest BCUT2D eigenvalue weighted by Crippen LogP contribution is 2.28. The number of hydrogen-bond donors (Lipinski definition) is 2. The molecule has 2 N–H and O–H groups in total. The highest BCUT2D eigenvalue weighted by atomic mass is 35.5. The van der Waals surface area contributed by atoms with Crippen LogP contribution in [0.2, 0.25) is 5.02 Å². The summed E-state index contributed by atoms with van der Waals surface area (Å²) in [6, 6.07) is 5.04. The fraction of sp³-hybridized carbons (Fsp3) is 0.0909. The molecule has 0 saturated heterocycles. The number of nitrogens with zero attached hydrogens (tertiary/aromatic N) is 5. The molecule has 0 saturated carbocycles. The molecular formula is C11H8ClN7OS. The van der Waals surface area contributed by atoms with Gasteiger partial charge in [0.05, 0.1) is 11.4 Å². The molecule has 2 heterocycles. The lowest BCUT2D eigenvalue weighted by Crippen LogP contribution is -2.12. The summed E-state index contributed by atoms with van der Waals surface area (Å²) in [5.74, 6) is 0.125. The second kappa shape index (κ2) is 5.54. The normalized spacial score (nSPS) is 10.6. The summed E-state index contributed by atoms with van der Waals surface area (Å²) in [6.45, 7) is 1.72. The number of nitrogens with one attached hydrogen (secondary N) is 2. The molecule has 3 aromatic rings. The third-order valence-electron chi connectivity index (χ3n) is 2.69. The molecule has 2 aromatic heterocycles. The fourth-order valence-electron chi connectivity index (χ4n) is 1.72. The van der Waals surface area contributed by atoms with Crippen LogP contribution < -0.4 is 5.32 Å². The van der Waals surface area contributed by atoms with Gasteiger partial charge in [-0.1, -0.05) is 16.1 Å². The minimum Gasteiger partial charge on any atom is -0.320 e. The molecule has 1 aromatic carbocycles. The zero-order chi connectivity index (χ0) is 14.8. The maximum atomic E-state index is 12.2. The van der Waals surface area contributed by atoms with Crippen molar-refractivity contribution in [2.75, 3.05) is 5.32 Å². The number of amides is 1. The topological polar surface area (TPSA) is 109 Å². The number of tetrazole rings is 1. The standard InChI is InChI=1S/C11H8ClN7OS/c1-5-9(21-19-14-5)11(20)13-8-4-6(12)2-3-7(8)10-15-17-18-16-10/h2-4H,1H3,(H,13,20)(H,15,16,17,18). The smallest absolute Gasteiger partial charge is 0.269 e. The number of aromatic amines is 1. The van der Waals surface area contributed by atoms with Gasteiger partial charge in [-0.05, 0) is 47.1 Å². The predicted molar refractivity (Wildman–Crippen MR) is 77.2 cm³/mol. The number of rotatable bonds is 3. The van der Waals surface area contributed by atoms with Gasteiger partial charge in [-0.3, -0.25) is 4.79 Å². The SMILES string of the molecule is Cc1nnsc1C(=O)Nc1cc(Cl)ccc1-c1nnn[nH]1. The largest absolute Gasteiger partial charge is 0.320 e. The van der Waals surface area contributed by atoms with E-state index in [0.717, 1.165) is 11.5 Å². The van der Waals surface area contributed by atoms with Gasteiger partial charge in [0.2, 0.25) is 0 Å². The number of carbonyl (C=O) groups is 1. The molecule has 106 valence electrons. The lowest BCUT2D eigenvalue weighted by molar-refractivity contribution is 0.103. The molecule has 21 heavy (non-hydrogen) atoms. The number of halogens is 1. The third-order valence-corrected chi connectivity index (χ3v) is 3.75. The highest BCUT2D eigenvalue weighted by molar-refractivity contribution is 7.08. The maximum absolute atomic E-state index is 12.2. The van der Waals surface area contributed by atoms with Gasteiger partial charge in [0.15, 0.2) is 5.82 Å². The molecule has 0 aliphatic carbocycles. The quantitative estimate of drug-likeness (QED) is 0.762. The minimum atomic E-state index is -0.307. The van der Waals surface area contributed by atoms with Crippen LogP contribution >= 0.6 is 23.1 Å². The molecule has 0 radical (unpaired) electrons. The van der Waals surface area contributed by atoms with Gasteiger partial charge >= 0.3 is 0 Å². The van der Waals surface area contributed by atoms with Crippen LogP contribution in [0.3, 0.4) is 0 Å². The van der Waals surface area contributed by atoms with E-state index >= 15 is 0 Å². The molecule has 1 amide bonds. The van der Waals surface area contributed by atoms with Crippen molar-refractivity contribution in [3.8, 4) is 11.4 Å². The summed E-state index contributed by atoms with van der Waals surface area (Å²) >= 11 is 7.01. The summed E-state index contributed by atoms with van der Waals surface area (Å²) in [4.78, 5) is 12.7. The Morgan fingerprint density at radius 2 is 2.24 bits per heavy atom. The maximum Gasteiger partial charge on any atom is 0.269 e. The number of aryl methyl sites for hydroxylation is 1. The monoisotopic (exact) mass is 321 g/mol. The van der Waals surface area contributed by atoms with E-state index in [4.69, 9.17) is 11.6 Å². The molecule has 0 aliphatic rings. The summed E-state index contributed by atoms with van der Waals surface area (Å²) in [6.07, 6.45) is 0. The number of benzene rings is 1. The van der Waals surface area contributed by atoms with E-state index in [1.54, 1.807) is 25.1 Å². The van der Waals surface area contributed by atoms with E-state index in [9.17, 15) is 4.79 Å². The van der Waals surface area contributed by atoms with Crippen LogP contribution in [0.4, 0.5) is 5.69 Å². The van der Waals surface area contributed by atoms with Crippen LogP contribution in [-0.2, 0) is 0 Å². The lowest BCUT2D eigenvalue weighted by atomic mass is 10.1. The van der Waals surface area contributed by atoms with Gasteiger partial charge in [-0.25, -0.2) is 5.10 Å². The van der Waals surface area contributed by atoms with Crippen molar-refractivity contribution in [3.63, 3.8) is 0 Å². The Bertz CT molecular complexity index is 786. The van der Waals surface area contributed by atoms with Crippen LogP contribution in [0.15, 0.2) is 18.2 Å². The summed E-state index contributed by atoms with van der Waals surface area (Å²) in [7, 11) is 0. The van der Waals surface area contributed by atoms with Crippen molar-refractivity contribution in [2.45, 2.75) is 6.92 Å². The van der Waals surface area contributed by atoms with Gasteiger partial charge < -0.3 is 5.32 Å². The Hall–Kier alpha value is -2.39. The second-order valence-corrected chi connectivity index (χ2v) is 5.27. The Morgan fingerprint density at radius 3 is 2.90 bits per heavy atom. The van der Waals surface area contributed by atoms with Crippen molar-refractivity contribution >= 4 is 34.7 Å². The van der Waals surface area contributed by atoms with Gasteiger partial charge in [0, 0.05) is 10.6 Å². The molecular weight excluding hydrogens is 314 g/mol. The predicted octanol–water partition coefficient (Wildman–Crippen LogP) is 1.93. The number of carbonyl (C=O) groups excluding carboxylic acids is 1. The highest BCUT2D eigenvalue weighted by Gasteiger charge is 2.17. The Morgan fingerprint density at radius 1 is 1.38 bits per heavy atom. The van der Waals surface area contributed by atoms with Crippen LogP contribution in [0.25, 0.3) is 11.4 Å². The number of hydrogen-bond acceptors (Lipinski definition) is 7. The lowest BCUT2D eigenvalue weighted by Gasteiger charge is -2.08. The van der Waals surface area contributed by atoms with Crippen molar-refractivity contribution in [2.24, 2.45) is 0 Å². The van der Waals surface area contributed by atoms with E-state index in [2.05, 4.69) is 35.5 Å². The van der Waals surface area contributed by atoms with E-state index in [0.29, 0.717) is 32.7 Å². The molecule has 8 nitrogen and oxygen atoms in total. The average Bonchev–Trinajstić information content (AvgIpc) is 3.10. The van der Waals surface area contributed by atoms with E-state index < -0.39 is 0 Å². The first kappa shape index (κ1) is 13.6. The van der Waals surface area contributed by atoms with Crippen LogP contribution in [0.5, 0.6) is 0 Å². The summed E-state index contributed by atoms with van der Waals surface area (Å²) < 4.78 is 3.74. The molecule has 0 fully saturated rings.